The summed E-state index contributed by atoms with van der Waals surface area (Å²) in [7, 11) is 1.62. The number of ether oxygens (including phenoxy) is 3. The van der Waals surface area contributed by atoms with Crippen LogP contribution in [0.15, 0.2) is 48.5 Å². The van der Waals surface area contributed by atoms with Crippen molar-refractivity contribution in [2.45, 2.75) is 20.4 Å². The van der Waals surface area contributed by atoms with Crippen LogP contribution in [0, 0.1) is 0 Å². The molecule has 1 aromatic heterocycles. The Morgan fingerprint density at radius 3 is 2.52 bits per heavy atom. The minimum Gasteiger partial charge on any atom is -0.497 e. The first-order chi connectivity index (χ1) is 15.1. The highest BCUT2D eigenvalue weighted by molar-refractivity contribution is 5.91. The smallest absolute Gasteiger partial charge is 0.244 e. The van der Waals surface area contributed by atoms with Crippen LogP contribution < -0.4 is 19.5 Å². The highest BCUT2D eigenvalue weighted by Crippen LogP contribution is 2.29. The van der Waals surface area contributed by atoms with Gasteiger partial charge < -0.3 is 19.5 Å². The van der Waals surface area contributed by atoms with E-state index in [0.717, 1.165) is 16.9 Å². The van der Waals surface area contributed by atoms with E-state index >= 15 is 0 Å². The molecule has 2 aromatic carbocycles. The fourth-order valence-electron chi connectivity index (χ4n) is 2.82. The number of hydrogen-bond donors (Lipinski definition) is 2. The SMILES string of the molecule is CCOc1ccc(/C=C/C(=O)NCc2nc(-c3ccc(OC)cc3)n[nH]2)cc1OCC. The summed E-state index contributed by atoms with van der Waals surface area (Å²) in [6.07, 6.45) is 3.18. The molecule has 0 saturated heterocycles. The summed E-state index contributed by atoms with van der Waals surface area (Å²) in [6.45, 7) is 5.15. The summed E-state index contributed by atoms with van der Waals surface area (Å²) in [5.41, 5.74) is 1.69. The molecule has 1 amide bonds. The Bertz CT molecular complexity index is 1030. The molecule has 162 valence electrons. The Labute approximate surface area is 181 Å². The molecule has 0 unspecified atom stereocenters. The Hall–Kier alpha value is -3.81. The summed E-state index contributed by atoms with van der Waals surface area (Å²) >= 11 is 0. The number of amides is 1. The fourth-order valence-corrected chi connectivity index (χ4v) is 2.82. The topological polar surface area (TPSA) is 98.4 Å². The van der Waals surface area contributed by atoms with Crippen LogP contribution in [0.3, 0.4) is 0 Å². The number of methoxy groups -OCH3 is 1. The zero-order chi connectivity index (χ0) is 22.1. The second-order valence-corrected chi connectivity index (χ2v) is 6.46. The van der Waals surface area contributed by atoms with E-state index in [-0.39, 0.29) is 12.5 Å². The normalized spacial score (nSPS) is 10.8. The number of carbonyl (C=O) groups is 1. The van der Waals surface area contributed by atoms with Gasteiger partial charge in [0, 0.05) is 11.6 Å². The second kappa shape index (κ2) is 10.8. The maximum Gasteiger partial charge on any atom is 0.244 e. The third-order valence-corrected chi connectivity index (χ3v) is 4.30. The number of carbonyl (C=O) groups excluding carboxylic acids is 1. The average molecular weight is 422 g/mol. The minimum atomic E-state index is -0.241. The van der Waals surface area contributed by atoms with Gasteiger partial charge in [-0.3, -0.25) is 9.89 Å². The van der Waals surface area contributed by atoms with Gasteiger partial charge in [-0.2, -0.15) is 5.10 Å². The molecule has 0 aliphatic carbocycles. The van der Waals surface area contributed by atoms with Crippen LogP contribution >= 0.6 is 0 Å². The van der Waals surface area contributed by atoms with Crippen molar-refractivity contribution < 1.29 is 19.0 Å². The molecular formula is C23H26N4O4. The molecule has 2 N–H and O–H groups in total. The van der Waals surface area contributed by atoms with E-state index in [1.807, 2.05) is 56.3 Å². The van der Waals surface area contributed by atoms with Gasteiger partial charge in [0.25, 0.3) is 0 Å². The average Bonchev–Trinajstić information content (AvgIpc) is 3.27. The van der Waals surface area contributed by atoms with Crippen molar-refractivity contribution >= 4 is 12.0 Å². The summed E-state index contributed by atoms with van der Waals surface area (Å²) in [4.78, 5) is 16.6. The fraction of sp³-hybridized carbons (Fsp3) is 0.261. The number of rotatable bonds is 10. The van der Waals surface area contributed by atoms with Gasteiger partial charge >= 0.3 is 0 Å². The van der Waals surface area contributed by atoms with E-state index < -0.39 is 0 Å². The van der Waals surface area contributed by atoms with Gasteiger partial charge in [-0.05, 0) is 61.9 Å². The predicted molar refractivity (Wildman–Crippen MR) is 118 cm³/mol. The lowest BCUT2D eigenvalue weighted by Gasteiger charge is -2.11. The van der Waals surface area contributed by atoms with E-state index in [1.54, 1.807) is 13.2 Å². The lowest BCUT2D eigenvalue weighted by atomic mass is 10.2. The third kappa shape index (κ3) is 6.08. The van der Waals surface area contributed by atoms with Crippen molar-refractivity contribution in [3.8, 4) is 28.6 Å². The van der Waals surface area contributed by atoms with Gasteiger partial charge in [0.1, 0.15) is 11.6 Å². The van der Waals surface area contributed by atoms with E-state index in [1.165, 1.54) is 6.08 Å². The van der Waals surface area contributed by atoms with Crippen molar-refractivity contribution in [3.05, 3.63) is 59.9 Å². The number of nitrogens with one attached hydrogen (secondary N) is 2. The van der Waals surface area contributed by atoms with E-state index in [0.29, 0.717) is 36.4 Å². The van der Waals surface area contributed by atoms with Gasteiger partial charge in [0.05, 0.1) is 26.9 Å². The summed E-state index contributed by atoms with van der Waals surface area (Å²) in [5.74, 6) is 2.98. The number of H-pyrrole nitrogens is 1. The second-order valence-electron chi connectivity index (χ2n) is 6.46. The van der Waals surface area contributed by atoms with Crippen LogP contribution in [-0.2, 0) is 11.3 Å². The Balaban J connectivity index is 1.57. The van der Waals surface area contributed by atoms with Crippen LogP contribution in [0.5, 0.6) is 17.2 Å². The highest BCUT2D eigenvalue weighted by atomic mass is 16.5. The van der Waals surface area contributed by atoms with E-state index in [9.17, 15) is 4.79 Å². The molecule has 0 radical (unpaired) electrons. The van der Waals surface area contributed by atoms with Gasteiger partial charge in [0.15, 0.2) is 17.3 Å². The summed E-state index contributed by atoms with van der Waals surface area (Å²) in [5, 5.41) is 9.82. The third-order valence-electron chi connectivity index (χ3n) is 4.30. The largest absolute Gasteiger partial charge is 0.497 e. The van der Waals surface area contributed by atoms with E-state index in [4.69, 9.17) is 14.2 Å². The number of aromatic nitrogens is 3. The molecule has 0 bridgehead atoms. The van der Waals surface area contributed by atoms with Crippen molar-refractivity contribution in [1.29, 1.82) is 0 Å². The van der Waals surface area contributed by atoms with Crippen LogP contribution in [0.25, 0.3) is 17.5 Å². The quantitative estimate of drug-likeness (QED) is 0.485. The maximum atomic E-state index is 12.2. The first-order valence-electron chi connectivity index (χ1n) is 10.0. The monoisotopic (exact) mass is 422 g/mol. The molecule has 8 nitrogen and oxygen atoms in total. The molecule has 0 aliphatic heterocycles. The molecule has 8 heteroatoms. The first kappa shape index (κ1) is 21.9. The Morgan fingerprint density at radius 2 is 1.81 bits per heavy atom. The van der Waals surface area contributed by atoms with Gasteiger partial charge in [-0.15, -0.1) is 0 Å². The van der Waals surface area contributed by atoms with Crippen molar-refractivity contribution in [2.24, 2.45) is 0 Å². The zero-order valence-corrected chi connectivity index (χ0v) is 17.8. The van der Waals surface area contributed by atoms with Crippen LogP contribution in [0.2, 0.25) is 0 Å². The molecular weight excluding hydrogens is 396 g/mol. The lowest BCUT2D eigenvalue weighted by Crippen LogP contribution is -2.20. The molecule has 0 spiro atoms. The summed E-state index contributed by atoms with van der Waals surface area (Å²) in [6, 6.07) is 13.0. The minimum absolute atomic E-state index is 0.236. The van der Waals surface area contributed by atoms with Crippen molar-refractivity contribution in [1.82, 2.24) is 20.5 Å². The first-order valence-corrected chi connectivity index (χ1v) is 10.0. The van der Waals surface area contributed by atoms with Gasteiger partial charge in [-0.25, -0.2) is 4.98 Å². The molecule has 31 heavy (non-hydrogen) atoms. The number of nitrogens with zero attached hydrogens (tertiary/aromatic N) is 2. The molecule has 1 heterocycles. The van der Waals surface area contributed by atoms with Crippen LogP contribution in [-0.4, -0.2) is 41.4 Å². The zero-order valence-electron chi connectivity index (χ0n) is 17.8. The highest BCUT2D eigenvalue weighted by Gasteiger charge is 2.08. The van der Waals surface area contributed by atoms with Gasteiger partial charge in [0.2, 0.25) is 5.91 Å². The van der Waals surface area contributed by atoms with Crippen molar-refractivity contribution in [3.63, 3.8) is 0 Å². The van der Waals surface area contributed by atoms with Crippen LogP contribution in [0.1, 0.15) is 25.2 Å². The molecule has 3 aromatic rings. The number of hydrogen-bond acceptors (Lipinski definition) is 6. The predicted octanol–water partition coefficient (Wildman–Crippen LogP) is 3.61. The number of benzene rings is 2. The Kier molecular flexibility index (Phi) is 7.64. The van der Waals surface area contributed by atoms with Crippen molar-refractivity contribution in [2.75, 3.05) is 20.3 Å². The van der Waals surface area contributed by atoms with E-state index in [2.05, 4.69) is 20.5 Å². The standard InChI is InChI=1S/C23H26N4O4/c1-4-30-19-12-6-16(14-20(19)31-5-2)7-13-22(28)24-15-21-25-23(27-26-21)17-8-10-18(29-3)11-9-17/h6-14H,4-5,15H2,1-3H3,(H,24,28)(H,25,26,27)/b13-7+. The summed E-state index contributed by atoms with van der Waals surface area (Å²) < 4.78 is 16.3. The molecule has 0 aliphatic rings. The molecule has 0 saturated carbocycles. The number of aromatic amines is 1. The maximum absolute atomic E-state index is 12.2. The molecule has 0 fully saturated rings. The van der Waals surface area contributed by atoms with Gasteiger partial charge in [-0.1, -0.05) is 6.07 Å². The lowest BCUT2D eigenvalue weighted by molar-refractivity contribution is -0.116. The Morgan fingerprint density at radius 1 is 1.06 bits per heavy atom. The molecule has 3 rings (SSSR count). The van der Waals surface area contributed by atoms with Crippen LogP contribution in [0.4, 0.5) is 0 Å². The molecule has 0 atom stereocenters.